The summed E-state index contributed by atoms with van der Waals surface area (Å²) in [5, 5.41) is 11.9. The number of carbonyl (C=O) groups excluding carboxylic acids is 1. The molecule has 1 aliphatic rings. The average molecular weight is 357 g/mol. The summed E-state index contributed by atoms with van der Waals surface area (Å²) in [6, 6.07) is 6.62. The fraction of sp³-hybridized carbons (Fsp3) is 0.316. The minimum atomic E-state index is -0.808. The number of benzene rings is 1. The molecule has 0 spiro atoms. The number of aliphatic carboxylic acids is 1. The monoisotopic (exact) mass is 357 g/mol. The van der Waals surface area contributed by atoms with Crippen LogP contribution in [-0.4, -0.2) is 40.1 Å². The number of piperidine rings is 1. The van der Waals surface area contributed by atoms with Gasteiger partial charge < -0.3 is 15.3 Å². The van der Waals surface area contributed by atoms with E-state index in [9.17, 15) is 14.0 Å². The van der Waals surface area contributed by atoms with Crippen molar-refractivity contribution in [3.63, 3.8) is 0 Å². The minimum absolute atomic E-state index is 0.258. The summed E-state index contributed by atoms with van der Waals surface area (Å²) < 4.78 is 13.4. The summed E-state index contributed by atoms with van der Waals surface area (Å²) >= 11 is 0. The van der Waals surface area contributed by atoms with Gasteiger partial charge in [-0.05, 0) is 43.0 Å². The van der Waals surface area contributed by atoms with Crippen LogP contribution in [0, 0.1) is 18.7 Å². The van der Waals surface area contributed by atoms with Crippen molar-refractivity contribution in [2.24, 2.45) is 5.92 Å². The second-order valence-electron chi connectivity index (χ2n) is 6.45. The molecule has 26 heavy (non-hydrogen) atoms. The van der Waals surface area contributed by atoms with Gasteiger partial charge in [-0.3, -0.25) is 9.78 Å². The van der Waals surface area contributed by atoms with E-state index in [1.54, 1.807) is 17.2 Å². The summed E-state index contributed by atoms with van der Waals surface area (Å²) in [6.45, 7) is 2.70. The smallest absolute Gasteiger partial charge is 0.321 e. The van der Waals surface area contributed by atoms with Crippen molar-refractivity contribution in [2.75, 3.05) is 18.4 Å². The van der Waals surface area contributed by atoms with Gasteiger partial charge in [-0.1, -0.05) is 12.1 Å². The standard InChI is InChI=1S/C19H20FN3O3/c1-12-2-3-14(15-8-16(20)11-21-10-15)9-17(12)22-19(26)23-6-4-13(5-7-23)18(24)25/h2-3,8-11,13H,4-7H2,1H3,(H,22,26)(H,24,25). The molecule has 136 valence electrons. The number of anilines is 1. The molecule has 0 atom stereocenters. The molecule has 0 bridgehead atoms. The Hall–Kier alpha value is -2.96. The van der Waals surface area contributed by atoms with E-state index < -0.39 is 11.8 Å². The molecule has 2 N–H and O–H groups in total. The molecule has 3 rings (SSSR count). The lowest BCUT2D eigenvalue weighted by molar-refractivity contribution is -0.143. The number of nitrogens with zero attached hydrogens (tertiary/aromatic N) is 2. The van der Waals surface area contributed by atoms with Gasteiger partial charge in [0.1, 0.15) is 5.82 Å². The Labute approximate surface area is 150 Å². The first-order valence-corrected chi connectivity index (χ1v) is 8.44. The van der Waals surface area contributed by atoms with E-state index >= 15 is 0 Å². The lowest BCUT2D eigenvalue weighted by Crippen LogP contribution is -2.42. The first kappa shape index (κ1) is 17.8. The largest absolute Gasteiger partial charge is 0.481 e. The molecule has 6 nitrogen and oxygen atoms in total. The van der Waals surface area contributed by atoms with Crippen LogP contribution in [0.15, 0.2) is 36.7 Å². The van der Waals surface area contributed by atoms with Crippen LogP contribution in [0.1, 0.15) is 18.4 Å². The van der Waals surface area contributed by atoms with Crippen LogP contribution in [0.25, 0.3) is 11.1 Å². The second kappa shape index (κ2) is 7.51. The van der Waals surface area contributed by atoms with Gasteiger partial charge >= 0.3 is 12.0 Å². The number of halogens is 1. The topological polar surface area (TPSA) is 82.5 Å². The Kier molecular flexibility index (Phi) is 5.16. The van der Waals surface area contributed by atoms with E-state index in [0.29, 0.717) is 37.2 Å². The molecule has 0 aliphatic carbocycles. The maximum atomic E-state index is 13.4. The zero-order valence-electron chi connectivity index (χ0n) is 14.4. The Morgan fingerprint density at radius 1 is 1.19 bits per heavy atom. The number of likely N-dealkylation sites (tertiary alicyclic amines) is 1. The fourth-order valence-corrected chi connectivity index (χ4v) is 3.03. The number of carbonyl (C=O) groups is 2. The highest BCUT2D eigenvalue weighted by atomic mass is 19.1. The summed E-state index contributed by atoms with van der Waals surface area (Å²) in [7, 11) is 0. The van der Waals surface area contributed by atoms with Crippen LogP contribution in [0.2, 0.25) is 0 Å². The van der Waals surface area contributed by atoms with Crippen molar-refractivity contribution in [1.82, 2.24) is 9.88 Å². The SMILES string of the molecule is Cc1ccc(-c2cncc(F)c2)cc1NC(=O)N1CCC(C(=O)O)CC1. The molecule has 1 aromatic carbocycles. The maximum absolute atomic E-state index is 13.4. The highest BCUT2D eigenvalue weighted by Crippen LogP contribution is 2.26. The third kappa shape index (κ3) is 3.99. The first-order chi connectivity index (χ1) is 12.4. The number of pyridine rings is 1. The molecule has 2 amide bonds. The second-order valence-corrected chi connectivity index (χ2v) is 6.45. The molecular weight excluding hydrogens is 337 g/mol. The molecule has 0 radical (unpaired) electrons. The van der Waals surface area contributed by atoms with Crippen LogP contribution in [0.4, 0.5) is 14.9 Å². The average Bonchev–Trinajstić information content (AvgIpc) is 2.63. The molecule has 0 unspecified atom stereocenters. The van der Waals surface area contributed by atoms with Crippen LogP contribution in [0.5, 0.6) is 0 Å². The van der Waals surface area contributed by atoms with Crippen molar-refractivity contribution < 1.29 is 19.1 Å². The van der Waals surface area contributed by atoms with Crippen LogP contribution >= 0.6 is 0 Å². The van der Waals surface area contributed by atoms with E-state index in [1.807, 2.05) is 19.1 Å². The number of urea groups is 1. The Bertz CT molecular complexity index is 833. The summed E-state index contributed by atoms with van der Waals surface area (Å²) in [5.74, 6) is -1.61. The Morgan fingerprint density at radius 3 is 2.58 bits per heavy atom. The normalized spacial score (nSPS) is 14.9. The quantitative estimate of drug-likeness (QED) is 0.880. The number of rotatable bonds is 3. The van der Waals surface area contributed by atoms with Crippen molar-refractivity contribution in [3.8, 4) is 11.1 Å². The number of nitrogens with one attached hydrogen (secondary N) is 1. The van der Waals surface area contributed by atoms with Gasteiger partial charge in [-0.25, -0.2) is 9.18 Å². The van der Waals surface area contributed by atoms with Gasteiger partial charge in [0.15, 0.2) is 0 Å². The number of hydrogen-bond donors (Lipinski definition) is 2. The number of aromatic nitrogens is 1. The van der Waals surface area contributed by atoms with Gasteiger partial charge in [-0.2, -0.15) is 0 Å². The molecule has 1 aliphatic heterocycles. The zero-order chi connectivity index (χ0) is 18.7. The molecule has 1 fully saturated rings. The van der Waals surface area contributed by atoms with E-state index in [-0.39, 0.29) is 11.9 Å². The van der Waals surface area contributed by atoms with Gasteiger partial charge in [0, 0.05) is 30.5 Å². The number of hydrogen-bond acceptors (Lipinski definition) is 3. The van der Waals surface area contributed by atoms with Crippen LogP contribution in [0.3, 0.4) is 0 Å². The van der Waals surface area contributed by atoms with Crippen molar-refractivity contribution in [1.29, 1.82) is 0 Å². The molecule has 7 heteroatoms. The van der Waals surface area contributed by atoms with Crippen molar-refractivity contribution >= 4 is 17.7 Å². The third-order valence-electron chi connectivity index (χ3n) is 4.65. The molecule has 2 aromatic rings. The molecular formula is C19H20FN3O3. The maximum Gasteiger partial charge on any atom is 0.321 e. The van der Waals surface area contributed by atoms with Gasteiger partial charge in [-0.15, -0.1) is 0 Å². The van der Waals surface area contributed by atoms with E-state index in [4.69, 9.17) is 5.11 Å². The van der Waals surface area contributed by atoms with Gasteiger partial charge in [0.05, 0.1) is 12.1 Å². The molecule has 0 saturated carbocycles. The predicted molar refractivity (Wildman–Crippen MR) is 95.3 cm³/mol. The molecule has 1 aromatic heterocycles. The van der Waals surface area contributed by atoms with E-state index in [1.165, 1.54) is 6.07 Å². The summed E-state index contributed by atoms with van der Waals surface area (Å²) in [5.41, 5.74) is 2.90. The Morgan fingerprint density at radius 2 is 1.92 bits per heavy atom. The zero-order valence-corrected chi connectivity index (χ0v) is 14.4. The first-order valence-electron chi connectivity index (χ1n) is 8.44. The van der Waals surface area contributed by atoms with Crippen LogP contribution in [-0.2, 0) is 4.79 Å². The van der Waals surface area contributed by atoms with Crippen LogP contribution < -0.4 is 5.32 Å². The van der Waals surface area contributed by atoms with Gasteiger partial charge in [0.2, 0.25) is 0 Å². The number of carboxylic acids is 1. The Balaban J connectivity index is 1.72. The number of amides is 2. The number of carboxylic acid groups (broad SMARTS) is 1. The number of aryl methyl sites for hydroxylation is 1. The third-order valence-corrected chi connectivity index (χ3v) is 4.65. The van der Waals surface area contributed by atoms with Crippen molar-refractivity contribution in [3.05, 3.63) is 48.0 Å². The summed E-state index contributed by atoms with van der Waals surface area (Å²) in [6.07, 6.45) is 3.62. The van der Waals surface area contributed by atoms with Gasteiger partial charge in [0.25, 0.3) is 0 Å². The minimum Gasteiger partial charge on any atom is -0.481 e. The molecule has 2 heterocycles. The summed E-state index contributed by atoms with van der Waals surface area (Å²) in [4.78, 5) is 29.0. The lowest BCUT2D eigenvalue weighted by atomic mass is 9.97. The highest BCUT2D eigenvalue weighted by Gasteiger charge is 2.27. The van der Waals surface area contributed by atoms with E-state index in [2.05, 4.69) is 10.3 Å². The molecule has 1 saturated heterocycles. The predicted octanol–water partition coefficient (Wildman–Crippen LogP) is 3.52. The fourth-order valence-electron chi connectivity index (χ4n) is 3.03. The lowest BCUT2D eigenvalue weighted by Gasteiger charge is -2.30. The highest BCUT2D eigenvalue weighted by molar-refractivity contribution is 5.91. The van der Waals surface area contributed by atoms with Crippen molar-refractivity contribution in [2.45, 2.75) is 19.8 Å². The van der Waals surface area contributed by atoms with E-state index in [0.717, 1.165) is 17.3 Å².